The van der Waals surface area contributed by atoms with E-state index in [1.165, 1.54) is 16.8 Å². The lowest BCUT2D eigenvalue weighted by Crippen LogP contribution is -2.50. The van der Waals surface area contributed by atoms with E-state index in [2.05, 4.69) is 47.2 Å². The molecule has 0 unspecified atom stereocenters. The summed E-state index contributed by atoms with van der Waals surface area (Å²) >= 11 is 0. The molecule has 196 valence electrons. The topological polar surface area (TPSA) is 62.6 Å². The molecular weight excluding hydrogens is 474 g/mol. The number of amides is 1. The summed E-state index contributed by atoms with van der Waals surface area (Å²) in [5.74, 6) is 0.707. The monoisotopic (exact) mass is 509 g/mol. The number of hydrogen-bond acceptors (Lipinski definition) is 5. The first-order chi connectivity index (χ1) is 18.5. The molecule has 4 aromatic rings. The highest BCUT2D eigenvalue weighted by Crippen LogP contribution is 2.26. The summed E-state index contributed by atoms with van der Waals surface area (Å²) in [4.78, 5) is 17.6. The number of nitrogens with one attached hydrogen (secondary N) is 1. The smallest absolute Gasteiger partial charge is 0.225 e. The van der Waals surface area contributed by atoms with Crippen molar-refractivity contribution >= 4 is 11.6 Å². The lowest BCUT2D eigenvalue weighted by molar-refractivity contribution is -0.121. The molecule has 0 atom stereocenters. The molecule has 1 amide bonds. The number of carbonyl (C=O) groups excluding carboxylic acids is 1. The second-order valence-corrected chi connectivity index (χ2v) is 9.81. The van der Waals surface area contributed by atoms with Crippen LogP contribution in [0.5, 0.6) is 5.75 Å². The average molecular weight is 510 g/mol. The zero-order valence-corrected chi connectivity index (χ0v) is 22.4. The first-order valence-electron chi connectivity index (χ1n) is 13.1. The lowest BCUT2D eigenvalue weighted by atomic mass is 10.0. The highest BCUT2D eigenvalue weighted by Gasteiger charge is 2.19. The third kappa shape index (κ3) is 5.89. The fourth-order valence-corrected chi connectivity index (χ4v) is 4.90. The minimum absolute atomic E-state index is 0.00373. The van der Waals surface area contributed by atoms with Crippen LogP contribution in [0.3, 0.4) is 0 Å². The Labute approximate surface area is 224 Å². The number of aryl methyl sites for hydroxylation is 1. The van der Waals surface area contributed by atoms with Gasteiger partial charge in [-0.25, -0.2) is 4.68 Å². The molecule has 1 aliphatic rings. The van der Waals surface area contributed by atoms with Crippen molar-refractivity contribution in [3.05, 3.63) is 95.7 Å². The zero-order chi connectivity index (χ0) is 26.5. The minimum atomic E-state index is -0.00373. The van der Waals surface area contributed by atoms with Crippen LogP contribution in [0.1, 0.15) is 16.7 Å². The molecular formula is C31H35N5O2. The molecule has 0 radical (unpaired) electrons. The summed E-state index contributed by atoms with van der Waals surface area (Å²) < 4.78 is 7.38. The Kier molecular flexibility index (Phi) is 7.75. The number of para-hydroxylation sites is 1. The van der Waals surface area contributed by atoms with E-state index in [-0.39, 0.29) is 12.3 Å². The summed E-state index contributed by atoms with van der Waals surface area (Å²) in [6.45, 7) is 8.65. The number of benzene rings is 3. The van der Waals surface area contributed by atoms with Crippen molar-refractivity contribution < 1.29 is 9.53 Å². The van der Waals surface area contributed by atoms with Crippen LogP contribution < -0.4 is 15.0 Å². The SMILES string of the molecule is COc1cc(CC(=O)NCN2CCN(c3cccc(C)c3C)CC2)cc(-c2ccn(-c3ccccc3)n2)c1. The Hall–Kier alpha value is -4.10. The summed E-state index contributed by atoms with van der Waals surface area (Å²) in [6, 6.07) is 24.3. The van der Waals surface area contributed by atoms with E-state index in [0.717, 1.165) is 48.7 Å². The maximum Gasteiger partial charge on any atom is 0.225 e. The number of aromatic nitrogens is 2. The van der Waals surface area contributed by atoms with Crippen LogP contribution >= 0.6 is 0 Å². The normalized spacial score (nSPS) is 13.9. The Morgan fingerprint density at radius 2 is 1.74 bits per heavy atom. The number of hydrogen-bond donors (Lipinski definition) is 1. The lowest BCUT2D eigenvalue weighted by Gasteiger charge is -2.37. The minimum Gasteiger partial charge on any atom is -0.497 e. The second kappa shape index (κ2) is 11.5. The van der Waals surface area contributed by atoms with Crippen LogP contribution in [-0.4, -0.2) is 60.5 Å². The van der Waals surface area contributed by atoms with Crippen LogP contribution in [0.2, 0.25) is 0 Å². The van der Waals surface area contributed by atoms with E-state index in [9.17, 15) is 4.79 Å². The van der Waals surface area contributed by atoms with E-state index in [0.29, 0.717) is 12.4 Å². The van der Waals surface area contributed by atoms with Crippen LogP contribution in [0.15, 0.2) is 79.0 Å². The maximum atomic E-state index is 12.9. The van der Waals surface area contributed by atoms with Crippen molar-refractivity contribution in [3.63, 3.8) is 0 Å². The van der Waals surface area contributed by atoms with Crippen molar-refractivity contribution in [3.8, 4) is 22.7 Å². The van der Waals surface area contributed by atoms with Crippen molar-refractivity contribution in [2.24, 2.45) is 0 Å². The molecule has 1 aliphatic heterocycles. The number of ether oxygens (including phenoxy) is 1. The van der Waals surface area contributed by atoms with Gasteiger partial charge in [-0.2, -0.15) is 5.10 Å². The molecule has 7 nitrogen and oxygen atoms in total. The predicted molar refractivity (Wildman–Crippen MR) is 152 cm³/mol. The van der Waals surface area contributed by atoms with Gasteiger partial charge < -0.3 is 15.0 Å². The molecule has 1 fully saturated rings. The average Bonchev–Trinajstić information content (AvgIpc) is 3.45. The van der Waals surface area contributed by atoms with Gasteiger partial charge in [0.2, 0.25) is 5.91 Å². The standard InChI is InChI=1S/C31H35N5O2/c1-23-8-7-11-30(24(23)2)35-16-14-34(15-17-35)22-32-31(37)20-25-18-26(21-28(19-25)38-3)29-12-13-36(33-29)27-9-5-4-6-10-27/h4-13,18-19,21H,14-17,20,22H2,1-3H3,(H,32,37). The fraction of sp³-hybridized carbons (Fsp3) is 0.290. The van der Waals surface area contributed by atoms with Crippen LogP contribution in [0, 0.1) is 13.8 Å². The Morgan fingerprint density at radius 3 is 2.50 bits per heavy atom. The van der Waals surface area contributed by atoms with E-state index < -0.39 is 0 Å². The van der Waals surface area contributed by atoms with E-state index in [1.54, 1.807) is 7.11 Å². The Balaban J connectivity index is 1.18. The molecule has 1 aromatic heterocycles. The molecule has 1 saturated heterocycles. The third-order valence-corrected chi connectivity index (χ3v) is 7.26. The number of nitrogens with zero attached hydrogens (tertiary/aromatic N) is 4. The van der Waals surface area contributed by atoms with Crippen molar-refractivity contribution in [2.45, 2.75) is 20.3 Å². The molecule has 38 heavy (non-hydrogen) atoms. The molecule has 5 rings (SSSR count). The van der Waals surface area contributed by atoms with E-state index in [4.69, 9.17) is 9.84 Å². The van der Waals surface area contributed by atoms with Gasteiger partial charge in [0.25, 0.3) is 0 Å². The number of rotatable bonds is 8. The van der Waals surface area contributed by atoms with Gasteiger partial charge in [0.1, 0.15) is 5.75 Å². The molecule has 2 heterocycles. The molecule has 0 bridgehead atoms. The van der Waals surface area contributed by atoms with E-state index >= 15 is 0 Å². The van der Waals surface area contributed by atoms with Gasteiger partial charge in [-0.1, -0.05) is 30.3 Å². The molecule has 1 N–H and O–H groups in total. The fourth-order valence-electron chi connectivity index (χ4n) is 4.90. The van der Waals surface area contributed by atoms with Crippen LogP contribution in [-0.2, 0) is 11.2 Å². The molecule has 0 aliphatic carbocycles. The highest BCUT2D eigenvalue weighted by molar-refractivity contribution is 5.79. The van der Waals surface area contributed by atoms with Crippen LogP contribution in [0.4, 0.5) is 5.69 Å². The summed E-state index contributed by atoms with van der Waals surface area (Å²) in [6.07, 6.45) is 2.22. The van der Waals surface area contributed by atoms with E-state index in [1.807, 2.05) is 65.5 Å². The van der Waals surface area contributed by atoms with Crippen molar-refractivity contribution in [1.82, 2.24) is 20.0 Å². The van der Waals surface area contributed by atoms with Gasteiger partial charge in [-0.05, 0) is 73.0 Å². The van der Waals surface area contributed by atoms with Gasteiger partial charge in [-0.15, -0.1) is 0 Å². The van der Waals surface area contributed by atoms with Gasteiger partial charge in [0, 0.05) is 43.6 Å². The quantitative estimate of drug-likeness (QED) is 0.376. The first kappa shape index (κ1) is 25.5. The van der Waals surface area contributed by atoms with Gasteiger partial charge in [0.15, 0.2) is 0 Å². The molecule has 0 saturated carbocycles. The highest BCUT2D eigenvalue weighted by atomic mass is 16.5. The molecule has 7 heteroatoms. The number of piperazine rings is 1. The first-order valence-corrected chi connectivity index (χ1v) is 13.1. The molecule has 0 spiro atoms. The van der Waals surface area contributed by atoms with Crippen LogP contribution in [0.25, 0.3) is 16.9 Å². The summed E-state index contributed by atoms with van der Waals surface area (Å²) in [5.41, 5.74) is 7.62. The third-order valence-electron chi connectivity index (χ3n) is 7.26. The zero-order valence-electron chi connectivity index (χ0n) is 22.4. The van der Waals surface area contributed by atoms with Crippen molar-refractivity contribution in [2.75, 3.05) is 44.9 Å². The second-order valence-electron chi connectivity index (χ2n) is 9.81. The largest absolute Gasteiger partial charge is 0.497 e. The maximum absolute atomic E-state index is 12.9. The predicted octanol–water partition coefficient (Wildman–Crippen LogP) is 4.60. The summed E-state index contributed by atoms with van der Waals surface area (Å²) in [7, 11) is 1.64. The Morgan fingerprint density at radius 1 is 0.947 bits per heavy atom. The van der Waals surface area contributed by atoms with Gasteiger partial charge in [0.05, 0.1) is 31.6 Å². The number of carbonyl (C=O) groups is 1. The van der Waals surface area contributed by atoms with Crippen molar-refractivity contribution in [1.29, 1.82) is 0 Å². The molecule has 3 aromatic carbocycles. The van der Waals surface area contributed by atoms with Gasteiger partial charge in [-0.3, -0.25) is 9.69 Å². The number of methoxy groups -OCH3 is 1. The van der Waals surface area contributed by atoms with Gasteiger partial charge >= 0.3 is 0 Å². The summed E-state index contributed by atoms with van der Waals surface area (Å²) in [5, 5.41) is 7.84. The number of anilines is 1. The Bertz CT molecular complexity index is 1390.